The molecule has 210 valence electrons. The van der Waals surface area contributed by atoms with Crippen LogP contribution in [0.3, 0.4) is 0 Å². The summed E-state index contributed by atoms with van der Waals surface area (Å²) in [5.74, 6) is -8.15. The van der Waals surface area contributed by atoms with Gasteiger partial charge in [-0.3, -0.25) is 15.4 Å². The molecule has 2 aliphatic heterocycles. The van der Waals surface area contributed by atoms with Gasteiger partial charge >= 0.3 is 30.7 Å². The van der Waals surface area contributed by atoms with Crippen LogP contribution >= 0.6 is 22.6 Å². The molecule has 3 rings (SSSR count). The highest BCUT2D eigenvalue weighted by Crippen LogP contribution is 2.58. The average molecular weight is 668 g/mol. The van der Waals surface area contributed by atoms with Crippen molar-refractivity contribution in [3.05, 3.63) is 0 Å². The molecule has 0 amide bonds. The Morgan fingerprint density at radius 3 is 1.33 bits per heavy atom. The van der Waals surface area contributed by atoms with Gasteiger partial charge in [-0.25, -0.2) is 0 Å². The summed E-state index contributed by atoms with van der Waals surface area (Å²) in [6.45, 7) is 1.20. The van der Waals surface area contributed by atoms with E-state index in [4.69, 9.17) is 4.74 Å². The molecule has 0 aromatic rings. The molecule has 2 heterocycles. The van der Waals surface area contributed by atoms with Gasteiger partial charge in [0.1, 0.15) is 11.8 Å². The molecule has 6 nitrogen and oxygen atoms in total. The molecule has 4 N–H and O–H groups in total. The van der Waals surface area contributed by atoms with Crippen LogP contribution in [0.15, 0.2) is 0 Å². The number of rotatable bonds is 5. The Bertz CT molecular complexity index is 820. The minimum atomic E-state index is -6.60. The second kappa shape index (κ2) is 8.10. The number of esters is 1. The van der Waals surface area contributed by atoms with Gasteiger partial charge in [0, 0.05) is 11.8 Å². The van der Waals surface area contributed by atoms with Crippen molar-refractivity contribution in [2.75, 3.05) is 0 Å². The average Bonchev–Trinajstić information content (AvgIpc) is 3.53. The maximum absolute atomic E-state index is 13.4. The van der Waals surface area contributed by atoms with Crippen molar-refractivity contribution in [3.63, 3.8) is 0 Å². The van der Waals surface area contributed by atoms with E-state index in [2.05, 4.69) is 10.6 Å². The minimum Gasteiger partial charge on any atom is -0.461 e. The monoisotopic (exact) mass is 668 g/mol. The van der Waals surface area contributed by atoms with Gasteiger partial charge in [0.2, 0.25) is 0 Å². The Hall–Kier alpha value is -0.800. The highest BCUT2D eigenvalue weighted by molar-refractivity contribution is 14.1. The molecule has 2 saturated heterocycles. The zero-order valence-electron chi connectivity index (χ0n) is 17.6. The van der Waals surface area contributed by atoms with Gasteiger partial charge in [0.25, 0.3) is 11.2 Å². The van der Waals surface area contributed by atoms with E-state index in [1.54, 1.807) is 0 Å². The van der Waals surface area contributed by atoms with Crippen LogP contribution in [0.4, 0.5) is 52.7 Å². The highest BCUT2D eigenvalue weighted by Gasteiger charge is 2.81. The molecule has 0 radical (unpaired) electrons. The number of hydrogen-bond acceptors (Lipinski definition) is 6. The lowest BCUT2D eigenvalue weighted by atomic mass is 9.65. The summed E-state index contributed by atoms with van der Waals surface area (Å²) in [5.41, 5.74) is -12.6. The summed E-state index contributed by atoms with van der Waals surface area (Å²) < 4.78 is 164. The molecule has 36 heavy (non-hydrogen) atoms. The Balaban J connectivity index is 2.04. The van der Waals surface area contributed by atoms with Crippen molar-refractivity contribution in [2.24, 2.45) is 11.8 Å². The Morgan fingerprint density at radius 1 is 0.778 bits per heavy atom. The van der Waals surface area contributed by atoms with Crippen LogP contribution < -0.4 is 10.6 Å². The van der Waals surface area contributed by atoms with Crippen LogP contribution in [0.1, 0.15) is 26.2 Å². The number of halogens is 13. The normalized spacial score (nSPS) is 33.4. The number of fused-ring (bicyclic) bond motifs is 1. The molecule has 1 aliphatic carbocycles. The van der Waals surface area contributed by atoms with Crippen LogP contribution in [0, 0.1) is 11.8 Å². The van der Waals surface area contributed by atoms with Crippen LogP contribution in [-0.4, -0.2) is 73.4 Å². The minimum absolute atomic E-state index is 0.403. The molecule has 1 saturated carbocycles. The lowest BCUT2D eigenvalue weighted by Crippen LogP contribution is -2.67. The van der Waals surface area contributed by atoms with Crippen LogP contribution in [-0.2, 0) is 9.53 Å². The van der Waals surface area contributed by atoms with E-state index in [9.17, 15) is 67.7 Å². The molecular weight excluding hydrogens is 651 g/mol. The van der Waals surface area contributed by atoms with Crippen molar-refractivity contribution in [1.29, 1.82) is 0 Å². The molecule has 3 unspecified atom stereocenters. The Morgan fingerprint density at radius 2 is 1.08 bits per heavy atom. The predicted octanol–water partition coefficient (Wildman–Crippen LogP) is 3.45. The number of alkyl halides is 13. The third-order valence-corrected chi connectivity index (χ3v) is 8.27. The third kappa shape index (κ3) is 4.23. The lowest BCUT2D eigenvalue weighted by molar-refractivity contribution is -0.405. The first kappa shape index (κ1) is 29.8. The maximum Gasteiger partial charge on any atom is 0.426 e. The molecule has 3 atom stereocenters. The van der Waals surface area contributed by atoms with Gasteiger partial charge in [-0.2, -0.15) is 52.7 Å². The maximum atomic E-state index is 13.4. The Labute approximate surface area is 207 Å². The SMILES string of the molecule is CC(I)(C(=O)OC1CC(C(O)(C(F)(F)F)C(F)(F)F)CC(C(O)(C(F)(F)F)C(F)(F)F)C1)C12NC1N2. The zero-order chi connectivity index (χ0) is 28.1. The molecular formula is C17H17F12IN2O4. The number of hydrogen-bond donors (Lipinski definition) is 4. The molecule has 3 fully saturated rings. The number of aliphatic hydroxyl groups is 2. The van der Waals surface area contributed by atoms with Gasteiger partial charge in [-0.1, -0.05) is 22.6 Å². The number of carbonyl (C=O) groups is 1. The third-order valence-electron chi connectivity index (χ3n) is 6.98. The molecule has 0 aromatic carbocycles. The van der Waals surface area contributed by atoms with E-state index in [0.29, 0.717) is 0 Å². The number of carbonyl (C=O) groups excluding carboxylic acids is 1. The van der Waals surface area contributed by atoms with E-state index >= 15 is 0 Å². The second-order valence-electron chi connectivity index (χ2n) is 9.18. The molecule has 3 aliphatic rings. The summed E-state index contributed by atoms with van der Waals surface area (Å²) in [6, 6.07) is 0. The van der Waals surface area contributed by atoms with Crippen LogP contribution in [0.5, 0.6) is 0 Å². The number of ether oxygens (including phenoxy) is 1. The fourth-order valence-corrected chi connectivity index (χ4v) is 5.38. The van der Waals surface area contributed by atoms with Gasteiger partial charge in [-0.15, -0.1) is 0 Å². The second-order valence-corrected chi connectivity index (χ2v) is 11.3. The summed E-state index contributed by atoms with van der Waals surface area (Å²) in [5, 5.41) is 24.8. The zero-order valence-corrected chi connectivity index (χ0v) is 19.7. The van der Waals surface area contributed by atoms with Gasteiger partial charge in [0.05, 0.1) is 6.17 Å². The standard InChI is InChI=1S/C17H17F12IN2O4/c1-10(30,13-8(31-13)32-13)9(33)36-7-3-5(11(34,14(18,19)20)15(21,22)23)2-6(4-7)12(35,16(24,25)26)17(27,28)29/h5-8,31-32,34-35H,2-4H2,1H3. The quantitative estimate of drug-likeness (QED) is 0.118. The van der Waals surface area contributed by atoms with Gasteiger partial charge < -0.3 is 14.9 Å². The lowest BCUT2D eigenvalue weighted by Gasteiger charge is -2.48. The van der Waals surface area contributed by atoms with Crippen LogP contribution in [0.2, 0.25) is 0 Å². The molecule has 0 aromatic heterocycles. The van der Waals surface area contributed by atoms with Crippen molar-refractivity contribution in [2.45, 2.75) is 83.4 Å². The molecule has 0 bridgehead atoms. The highest BCUT2D eigenvalue weighted by atomic mass is 127. The van der Waals surface area contributed by atoms with E-state index in [-0.39, 0.29) is 0 Å². The van der Waals surface area contributed by atoms with Crippen molar-refractivity contribution >= 4 is 28.6 Å². The fraction of sp³-hybridized carbons (Fsp3) is 0.941. The largest absolute Gasteiger partial charge is 0.461 e. The van der Waals surface area contributed by atoms with Gasteiger partial charge in [-0.05, 0) is 26.2 Å². The van der Waals surface area contributed by atoms with Crippen molar-refractivity contribution < 1.29 is 72.4 Å². The Kier molecular flexibility index (Phi) is 6.70. The summed E-state index contributed by atoms with van der Waals surface area (Å²) in [7, 11) is 0. The summed E-state index contributed by atoms with van der Waals surface area (Å²) in [6.07, 6.45) is -34.5. The van der Waals surface area contributed by atoms with Gasteiger partial charge in [0.15, 0.2) is 3.42 Å². The summed E-state index contributed by atoms with van der Waals surface area (Å²) >= 11 is 1.48. The van der Waals surface area contributed by atoms with E-state index in [0.717, 1.165) is 0 Å². The first-order valence-corrected chi connectivity index (χ1v) is 11.0. The van der Waals surface area contributed by atoms with Crippen molar-refractivity contribution in [3.8, 4) is 0 Å². The fourth-order valence-electron chi connectivity index (χ4n) is 4.63. The molecule has 19 heteroatoms. The van der Waals surface area contributed by atoms with Crippen molar-refractivity contribution in [1.82, 2.24) is 10.6 Å². The first-order valence-electron chi connectivity index (χ1n) is 9.94. The smallest absolute Gasteiger partial charge is 0.426 e. The summed E-state index contributed by atoms with van der Waals surface area (Å²) in [4.78, 5) is 12.6. The number of nitrogens with one attached hydrogen (secondary N) is 2. The topological polar surface area (TPSA) is 111 Å². The van der Waals surface area contributed by atoms with E-state index in [1.165, 1.54) is 29.5 Å². The predicted molar refractivity (Wildman–Crippen MR) is 100 cm³/mol. The first-order chi connectivity index (χ1) is 15.8. The van der Waals surface area contributed by atoms with E-state index < -0.39 is 94.3 Å². The van der Waals surface area contributed by atoms with Crippen LogP contribution in [0.25, 0.3) is 0 Å². The van der Waals surface area contributed by atoms with E-state index in [1.807, 2.05) is 0 Å². The molecule has 0 spiro atoms.